The van der Waals surface area contributed by atoms with Crippen LogP contribution in [0, 0.1) is 0 Å². The monoisotopic (exact) mass is 448 g/mol. The number of anilines is 1. The number of hydrogen-bond acceptors (Lipinski definition) is 6. The fourth-order valence-electron chi connectivity index (χ4n) is 3.51. The SMILES string of the molecule is COc1ccc(S(=O)(=O)N2CCCC2C(=O)Nc2ccc(CC(=O)O)cc2)cc1OC. The summed E-state index contributed by atoms with van der Waals surface area (Å²) in [5, 5.41) is 11.6. The summed E-state index contributed by atoms with van der Waals surface area (Å²) in [5.41, 5.74) is 1.07. The summed E-state index contributed by atoms with van der Waals surface area (Å²) in [5.74, 6) is -0.694. The van der Waals surface area contributed by atoms with Gasteiger partial charge in [-0.3, -0.25) is 9.59 Å². The second kappa shape index (κ2) is 9.36. The number of rotatable bonds is 8. The van der Waals surface area contributed by atoms with Crippen molar-refractivity contribution in [1.82, 2.24) is 4.31 Å². The highest BCUT2D eigenvalue weighted by Crippen LogP contribution is 2.33. The molecule has 2 aromatic rings. The van der Waals surface area contributed by atoms with E-state index in [0.717, 1.165) is 0 Å². The first-order valence-electron chi connectivity index (χ1n) is 9.61. The van der Waals surface area contributed by atoms with Gasteiger partial charge in [0.05, 0.1) is 25.5 Å². The van der Waals surface area contributed by atoms with Crippen molar-refractivity contribution in [2.45, 2.75) is 30.2 Å². The van der Waals surface area contributed by atoms with Gasteiger partial charge in [-0.2, -0.15) is 4.31 Å². The summed E-state index contributed by atoms with van der Waals surface area (Å²) >= 11 is 0. The van der Waals surface area contributed by atoms with E-state index in [2.05, 4.69) is 5.32 Å². The van der Waals surface area contributed by atoms with E-state index < -0.39 is 27.9 Å². The van der Waals surface area contributed by atoms with E-state index >= 15 is 0 Å². The van der Waals surface area contributed by atoms with Crippen molar-refractivity contribution in [3.63, 3.8) is 0 Å². The normalized spacial score (nSPS) is 16.6. The van der Waals surface area contributed by atoms with Crippen LogP contribution in [0.4, 0.5) is 5.69 Å². The van der Waals surface area contributed by atoms with Crippen LogP contribution in [-0.2, 0) is 26.0 Å². The van der Waals surface area contributed by atoms with Crippen LogP contribution >= 0.6 is 0 Å². The molecule has 31 heavy (non-hydrogen) atoms. The second-order valence-corrected chi connectivity index (χ2v) is 8.94. The van der Waals surface area contributed by atoms with Crippen molar-refractivity contribution < 1.29 is 32.6 Å². The van der Waals surface area contributed by atoms with Crippen LogP contribution in [0.1, 0.15) is 18.4 Å². The molecular formula is C21H24N2O7S. The Morgan fingerprint density at radius 3 is 2.39 bits per heavy atom. The Bertz CT molecular complexity index is 1070. The van der Waals surface area contributed by atoms with Crippen LogP contribution in [0.3, 0.4) is 0 Å². The fourth-order valence-corrected chi connectivity index (χ4v) is 5.18. The number of carboxylic acids is 1. The molecule has 1 saturated heterocycles. The molecule has 0 spiro atoms. The van der Waals surface area contributed by atoms with E-state index in [0.29, 0.717) is 29.8 Å². The number of benzene rings is 2. The van der Waals surface area contributed by atoms with E-state index in [-0.39, 0.29) is 23.6 Å². The average molecular weight is 448 g/mol. The van der Waals surface area contributed by atoms with Gasteiger partial charge in [0, 0.05) is 18.3 Å². The molecule has 1 aliphatic heterocycles. The van der Waals surface area contributed by atoms with Crippen LogP contribution in [0.25, 0.3) is 0 Å². The number of carbonyl (C=O) groups is 2. The Morgan fingerprint density at radius 2 is 1.77 bits per heavy atom. The lowest BCUT2D eigenvalue weighted by atomic mass is 10.1. The maximum Gasteiger partial charge on any atom is 0.307 e. The first kappa shape index (κ1) is 22.6. The minimum absolute atomic E-state index is 0.0165. The molecule has 10 heteroatoms. The molecule has 1 atom stereocenters. The molecule has 0 radical (unpaired) electrons. The van der Waals surface area contributed by atoms with Crippen molar-refractivity contribution >= 4 is 27.6 Å². The van der Waals surface area contributed by atoms with Crippen LogP contribution in [0.15, 0.2) is 47.4 Å². The smallest absolute Gasteiger partial charge is 0.307 e. The molecule has 2 aromatic carbocycles. The van der Waals surface area contributed by atoms with Crippen LogP contribution in [-0.4, -0.2) is 56.5 Å². The number of nitrogens with zero attached hydrogens (tertiary/aromatic N) is 1. The molecule has 0 bridgehead atoms. The number of hydrogen-bond donors (Lipinski definition) is 2. The van der Waals surface area contributed by atoms with Crippen molar-refractivity contribution in [1.29, 1.82) is 0 Å². The number of amides is 1. The molecule has 0 aliphatic carbocycles. The molecule has 0 aromatic heterocycles. The summed E-state index contributed by atoms with van der Waals surface area (Å²) in [6.45, 7) is 0.228. The summed E-state index contributed by atoms with van der Waals surface area (Å²) in [6.07, 6.45) is 0.839. The van der Waals surface area contributed by atoms with Gasteiger partial charge >= 0.3 is 5.97 Å². The van der Waals surface area contributed by atoms with Crippen molar-refractivity contribution in [3.8, 4) is 11.5 Å². The maximum absolute atomic E-state index is 13.2. The Labute approximate surface area is 180 Å². The van der Waals surface area contributed by atoms with E-state index in [4.69, 9.17) is 14.6 Å². The molecule has 3 rings (SSSR count). The highest BCUT2D eigenvalue weighted by molar-refractivity contribution is 7.89. The molecular weight excluding hydrogens is 424 g/mol. The van der Waals surface area contributed by atoms with Crippen molar-refractivity contribution in [3.05, 3.63) is 48.0 Å². The first-order chi connectivity index (χ1) is 14.8. The second-order valence-electron chi connectivity index (χ2n) is 7.05. The standard InChI is InChI=1S/C21H24N2O7S/c1-29-18-10-9-16(13-19(18)30-2)31(27,28)23-11-3-4-17(23)21(26)22-15-7-5-14(6-8-15)12-20(24)25/h5-10,13,17H,3-4,11-12H2,1-2H3,(H,22,26)(H,24,25). The Kier molecular flexibility index (Phi) is 6.81. The third kappa shape index (κ3) is 4.97. The number of carbonyl (C=O) groups excluding carboxylic acids is 1. The van der Waals surface area contributed by atoms with E-state index in [1.807, 2.05) is 0 Å². The number of carboxylic acid groups (broad SMARTS) is 1. The van der Waals surface area contributed by atoms with Gasteiger partial charge in [-0.05, 0) is 42.7 Å². The predicted octanol–water partition coefficient (Wildman–Crippen LogP) is 2.12. The lowest BCUT2D eigenvalue weighted by Gasteiger charge is -2.24. The topological polar surface area (TPSA) is 122 Å². The highest BCUT2D eigenvalue weighted by atomic mass is 32.2. The quantitative estimate of drug-likeness (QED) is 0.634. The Hall–Kier alpha value is -3.11. The number of aliphatic carboxylic acids is 1. The molecule has 0 saturated carbocycles. The van der Waals surface area contributed by atoms with Gasteiger partial charge < -0.3 is 19.9 Å². The molecule has 2 N–H and O–H groups in total. The van der Waals surface area contributed by atoms with Gasteiger partial charge in [-0.25, -0.2) is 8.42 Å². The molecule has 1 amide bonds. The fraction of sp³-hybridized carbons (Fsp3) is 0.333. The third-order valence-electron chi connectivity index (χ3n) is 5.04. The summed E-state index contributed by atoms with van der Waals surface area (Å²) in [7, 11) is -1.05. The van der Waals surface area contributed by atoms with Gasteiger partial charge in [0.25, 0.3) is 0 Å². The zero-order chi connectivity index (χ0) is 22.6. The molecule has 1 fully saturated rings. The minimum atomic E-state index is -3.93. The Morgan fingerprint density at radius 1 is 1.10 bits per heavy atom. The van der Waals surface area contributed by atoms with E-state index in [9.17, 15) is 18.0 Å². The van der Waals surface area contributed by atoms with E-state index in [1.165, 1.54) is 36.7 Å². The Balaban J connectivity index is 1.78. The van der Waals surface area contributed by atoms with Crippen LogP contribution in [0.2, 0.25) is 0 Å². The first-order valence-corrected chi connectivity index (χ1v) is 11.1. The van der Waals surface area contributed by atoms with Gasteiger partial charge in [0.15, 0.2) is 11.5 Å². The lowest BCUT2D eigenvalue weighted by molar-refractivity contribution is -0.136. The number of methoxy groups -OCH3 is 2. The summed E-state index contributed by atoms with van der Waals surface area (Å²) < 4.78 is 38.0. The average Bonchev–Trinajstić information content (AvgIpc) is 3.25. The zero-order valence-electron chi connectivity index (χ0n) is 17.2. The third-order valence-corrected chi connectivity index (χ3v) is 6.95. The van der Waals surface area contributed by atoms with Gasteiger partial charge in [-0.1, -0.05) is 12.1 Å². The minimum Gasteiger partial charge on any atom is -0.493 e. The van der Waals surface area contributed by atoms with Gasteiger partial charge in [0.1, 0.15) is 6.04 Å². The lowest BCUT2D eigenvalue weighted by Crippen LogP contribution is -2.43. The van der Waals surface area contributed by atoms with Crippen LogP contribution in [0.5, 0.6) is 11.5 Å². The number of ether oxygens (including phenoxy) is 2. The summed E-state index contributed by atoms with van der Waals surface area (Å²) in [4.78, 5) is 23.6. The number of sulfonamides is 1. The van der Waals surface area contributed by atoms with Crippen molar-refractivity contribution in [2.75, 3.05) is 26.1 Å². The summed E-state index contributed by atoms with van der Waals surface area (Å²) in [6, 6.07) is 9.87. The largest absolute Gasteiger partial charge is 0.493 e. The van der Waals surface area contributed by atoms with Crippen LogP contribution < -0.4 is 14.8 Å². The van der Waals surface area contributed by atoms with E-state index in [1.54, 1.807) is 24.3 Å². The molecule has 1 aliphatic rings. The highest BCUT2D eigenvalue weighted by Gasteiger charge is 2.39. The zero-order valence-corrected chi connectivity index (χ0v) is 18.0. The van der Waals surface area contributed by atoms with Gasteiger partial charge in [-0.15, -0.1) is 0 Å². The maximum atomic E-state index is 13.2. The van der Waals surface area contributed by atoms with Gasteiger partial charge in [0.2, 0.25) is 15.9 Å². The predicted molar refractivity (Wildman–Crippen MR) is 113 cm³/mol. The molecule has 9 nitrogen and oxygen atoms in total. The molecule has 1 unspecified atom stereocenters. The molecule has 166 valence electrons. The number of nitrogens with one attached hydrogen (secondary N) is 1. The van der Waals surface area contributed by atoms with Crippen molar-refractivity contribution in [2.24, 2.45) is 0 Å². The molecule has 1 heterocycles.